The third-order valence-corrected chi connectivity index (χ3v) is 2.54. The van der Waals surface area contributed by atoms with Crippen molar-refractivity contribution in [3.05, 3.63) is 29.8 Å². The van der Waals surface area contributed by atoms with Crippen LogP contribution in [0.1, 0.15) is 23.2 Å². The van der Waals surface area contributed by atoms with Crippen molar-refractivity contribution >= 4 is 5.78 Å². The van der Waals surface area contributed by atoms with Gasteiger partial charge < -0.3 is 4.74 Å². The van der Waals surface area contributed by atoms with Crippen LogP contribution in [0.2, 0.25) is 0 Å². The summed E-state index contributed by atoms with van der Waals surface area (Å²) < 4.78 is 41.9. The lowest BCUT2D eigenvalue weighted by atomic mass is 10.1. The van der Waals surface area contributed by atoms with E-state index >= 15 is 0 Å². The predicted molar refractivity (Wildman–Crippen MR) is 55.0 cm³/mol. The number of alkyl halides is 3. The highest BCUT2D eigenvalue weighted by Crippen LogP contribution is 2.30. The fourth-order valence-electron chi connectivity index (χ4n) is 1.39. The highest BCUT2D eigenvalue weighted by molar-refractivity contribution is 6.00. The molecule has 1 aliphatic rings. The minimum atomic E-state index is -4.84. The van der Waals surface area contributed by atoms with Crippen molar-refractivity contribution in [2.24, 2.45) is 5.92 Å². The molecule has 0 saturated heterocycles. The number of ether oxygens (including phenoxy) is 1. The van der Waals surface area contributed by atoms with Gasteiger partial charge in [-0.2, -0.15) is 13.2 Å². The monoisotopic (exact) mass is 244 g/mol. The standard InChI is InChI=1S/C12H11F3O2/c13-12(14,15)11(16)9-2-1-3-10(6-9)17-7-8-4-5-8/h1-3,6,8H,4-5,7H2. The normalized spacial score (nSPS) is 15.7. The molecule has 2 rings (SSSR count). The van der Waals surface area contributed by atoms with Gasteiger partial charge in [0.2, 0.25) is 0 Å². The average molecular weight is 244 g/mol. The van der Waals surface area contributed by atoms with Crippen molar-refractivity contribution in [1.29, 1.82) is 0 Å². The van der Waals surface area contributed by atoms with Crippen molar-refractivity contribution in [2.45, 2.75) is 19.0 Å². The SMILES string of the molecule is O=C(c1cccc(OCC2CC2)c1)C(F)(F)F. The number of carbonyl (C=O) groups is 1. The Morgan fingerprint density at radius 3 is 2.65 bits per heavy atom. The second-order valence-corrected chi connectivity index (χ2v) is 4.11. The molecular formula is C12H11F3O2. The second-order valence-electron chi connectivity index (χ2n) is 4.11. The molecular weight excluding hydrogens is 233 g/mol. The van der Waals surface area contributed by atoms with E-state index in [0.717, 1.165) is 25.0 Å². The van der Waals surface area contributed by atoms with Gasteiger partial charge in [0.25, 0.3) is 5.78 Å². The lowest BCUT2D eigenvalue weighted by molar-refractivity contribution is -0.0885. The van der Waals surface area contributed by atoms with Gasteiger partial charge in [-0.15, -0.1) is 0 Å². The molecule has 0 heterocycles. The van der Waals surface area contributed by atoms with Crippen LogP contribution in [-0.2, 0) is 0 Å². The molecule has 0 spiro atoms. The molecule has 1 fully saturated rings. The third-order valence-electron chi connectivity index (χ3n) is 2.54. The fourth-order valence-corrected chi connectivity index (χ4v) is 1.39. The molecule has 0 atom stereocenters. The summed E-state index contributed by atoms with van der Waals surface area (Å²) in [6, 6.07) is 5.22. The van der Waals surface area contributed by atoms with Crippen molar-refractivity contribution in [1.82, 2.24) is 0 Å². The molecule has 0 radical (unpaired) electrons. The zero-order valence-corrected chi connectivity index (χ0v) is 8.96. The summed E-state index contributed by atoms with van der Waals surface area (Å²) in [4.78, 5) is 11.0. The van der Waals surface area contributed by atoms with E-state index in [1.165, 1.54) is 6.07 Å². The van der Waals surface area contributed by atoms with E-state index in [4.69, 9.17) is 4.74 Å². The molecule has 1 aromatic carbocycles. The van der Waals surface area contributed by atoms with Crippen molar-refractivity contribution in [2.75, 3.05) is 6.61 Å². The maximum Gasteiger partial charge on any atom is 0.454 e. The quantitative estimate of drug-likeness (QED) is 0.760. The molecule has 17 heavy (non-hydrogen) atoms. The van der Waals surface area contributed by atoms with Crippen LogP contribution in [0.15, 0.2) is 24.3 Å². The minimum Gasteiger partial charge on any atom is -0.493 e. The summed E-state index contributed by atoms with van der Waals surface area (Å²) >= 11 is 0. The lowest BCUT2D eigenvalue weighted by Gasteiger charge is -2.08. The largest absolute Gasteiger partial charge is 0.493 e. The first kappa shape index (κ1) is 12.0. The van der Waals surface area contributed by atoms with Gasteiger partial charge >= 0.3 is 6.18 Å². The molecule has 0 unspecified atom stereocenters. The molecule has 1 aliphatic carbocycles. The summed E-state index contributed by atoms with van der Waals surface area (Å²) in [5.41, 5.74) is -0.384. The van der Waals surface area contributed by atoms with E-state index in [9.17, 15) is 18.0 Å². The molecule has 92 valence electrons. The molecule has 1 saturated carbocycles. The van der Waals surface area contributed by atoms with E-state index in [1.807, 2.05) is 0 Å². The smallest absolute Gasteiger partial charge is 0.454 e. The van der Waals surface area contributed by atoms with E-state index in [0.29, 0.717) is 18.3 Å². The van der Waals surface area contributed by atoms with Gasteiger partial charge in [-0.25, -0.2) is 0 Å². The Labute approximate surface area is 96.4 Å². The van der Waals surface area contributed by atoms with Gasteiger partial charge in [0.05, 0.1) is 6.61 Å². The van der Waals surface area contributed by atoms with Crippen molar-refractivity contribution in [3.63, 3.8) is 0 Å². The Bertz CT molecular complexity index is 422. The summed E-state index contributed by atoms with van der Waals surface area (Å²) in [5, 5.41) is 0. The van der Waals surface area contributed by atoms with Crippen LogP contribution in [0.3, 0.4) is 0 Å². The number of rotatable bonds is 4. The predicted octanol–water partition coefficient (Wildman–Crippen LogP) is 3.22. The summed E-state index contributed by atoms with van der Waals surface area (Å²) in [6.07, 6.45) is -2.64. The minimum absolute atomic E-state index is 0.312. The van der Waals surface area contributed by atoms with Crippen LogP contribution in [-0.4, -0.2) is 18.6 Å². The van der Waals surface area contributed by atoms with Crippen molar-refractivity contribution < 1.29 is 22.7 Å². The van der Waals surface area contributed by atoms with E-state index in [2.05, 4.69) is 0 Å². The number of carbonyl (C=O) groups excluding carboxylic acids is 1. The Balaban J connectivity index is 2.07. The average Bonchev–Trinajstić information content (AvgIpc) is 3.08. The lowest BCUT2D eigenvalue weighted by Crippen LogP contribution is -2.22. The molecule has 0 aromatic heterocycles. The number of hydrogen-bond acceptors (Lipinski definition) is 2. The third kappa shape index (κ3) is 3.22. The molecule has 5 heteroatoms. The van der Waals surface area contributed by atoms with Crippen LogP contribution in [0.4, 0.5) is 13.2 Å². The van der Waals surface area contributed by atoms with Crippen LogP contribution in [0.25, 0.3) is 0 Å². The highest BCUT2D eigenvalue weighted by Gasteiger charge is 2.39. The van der Waals surface area contributed by atoms with Crippen LogP contribution < -0.4 is 4.74 Å². The first-order valence-electron chi connectivity index (χ1n) is 5.31. The molecule has 0 amide bonds. The van der Waals surface area contributed by atoms with E-state index < -0.39 is 12.0 Å². The molecule has 1 aromatic rings. The molecule has 2 nitrogen and oxygen atoms in total. The Kier molecular flexibility index (Phi) is 3.09. The first-order valence-corrected chi connectivity index (χ1v) is 5.31. The van der Waals surface area contributed by atoms with Gasteiger partial charge in [-0.1, -0.05) is 12.1 Å². The Morgan fingerprint density at radius 1 is 1.35 bits per heavy atom. The summed E-state index contributed by atoms with van der Waals surface area (Å²) in [5.74, 6) is -1.02. The number of benzene rings is 1. The summed E-state index contributed by atoms with van der Waals surface area (Å²) in [7, 11) is 0. The first-order chi connectivity index (χ1) is 7.97. The van der Waals surface area contributed by atoms with Gasteiger partial charge in [0.1, 0.15) is 5.75 Å². The summed E-state index contributed by atoms with van der Waals surface area (Å²) in [6.45, 7) is 0.504. The number of hydrogen-bond donors (Lipinski definition) is 0. The van der Waals surface area contributed by atoms with Gasteiger partial charge in [0.15, 0.2) is 0 Å². The second kappa shape index (κ2) is 4.39. The number of halogens is 3. The highest BCUT2D eigenvalue weighted by atomic mass is 19.4. The maximum absolute atomic E-state index is 12.2. The molecule has 0 bridgehead atoms. The van der Waals surface area contributed by atoms with Crippen LogP contribution >= 0.6 is 0 Å². The Hall–Kier alpha value is -1.52. The van der Waals surface area contributed by atoms with Crippen molar-refractivity contribution in [3.8, 4) is 5.75 Å². The number of Topliss-reactive ketones (excluding diaryl/α,β-unsaturated/α-hetero) is 1. The Morgan fingerprint density at radius 2 is 2.06 bits per heavy atom. The van der Waals surface area contributed by atoms with Gasteiger partial charge in [-0.05, 0) is 30.9 Å². The number of ketones is 1. The van der Waals surface area contributed by atoms with Gasteiger partial charge in [0, 0.05) is 5.56 Å². The molecule has 0 aliphatic heterocycles. The van der Waals surface area contributed by atoms with Gasteiger partial charge in [-0.3, -0.25) is 4.79 Å². The maximum atomic E-state index is 12.2. The van der Waals surface area contributed by atoms with Crippen LogP contribution in [0.5, 0.6) is 5.75 Å². The van der Waals surface area contributed by atoms with E-state index in [1.54, 1.807) is 6.07 Å². The van der Waals surface area contributed by atoms with E-state index in [-0.39, 0.29) is 5.56 Å². The topological polar surface area (TPSA) is 26.3 Å². The zero-order chi connectivity index (χ0) is 12.5. The molecule has 0 N–H and O–H groups in total. The fraction of sp³-hybridized carbons (Fsp3) is 0.417. The zero-order valence-electron chi connectivity index (χ0n) is 8.96. The van der Waals surface area contributed by atoms with Crippen LogP contribution in [0, 0.1) is 5.92 Å².